The molecule has 0 fully saturated rings. The highest BCUT2D eigenvalue weighted by molar-refractivity contribution is 9.10. The van der Waals surface area contributed by atoms with Crippen molar-refractivity contribution >= 4 is 37.6 Å². The average molecular weight is 403 g/mol. The molecule has 4 nitrogen and oxygen atoms in total. The predicted octanol–water partition coefficient (Wildman–Crippen LogP) is 3.72. The fourth-order valence-corrected chi connectivity index (χ4v) is 4.07. The van der Waals surface area contributed by atoms with Crippen molar-refractivity contribution in [1.82, 2.24) is 0 Å². The second-order valence-corrected chi connectivity index (χ2v) is 7.88. The highest BCUT2D eigenvalue weighted by Crippen LogP contribution is 2.34. The second kappa shape index (κ2) is 7.26. The molecule has 21 heavy (non-hydrogen) atoms. The Hall–Kier alpha value is -0.370. The highest BCUT2D eigenvalue weighted by atomic mass is 79.9. The summed E-state index contributed by atoms with van der Waals surface area (Å²) < 4.78 is 42.3. The van der Waals surface area contributed by atoms with E-state index in [1.54, 1.807) is 0 Å². The number of hydrogen-bond donors (Lipinski definition) is 1. The summed E-state index contributed by atoms with van der Waals surface area (Å²) >= 11 is 8.90. The maximum atomic E-state index is 13.5. The van der Waals surface area contributed by atoms with Crippen LogP contribution in [0, 0.1) is 11.2 Å². The van der Waals surface area contributed by atoms with E-state index < -0.39 is 21.3 Å². The quantitative estimate of drug-likeness (QED) is 0.707. The van der Waals surface area contributed by atoms with Crippen LogP contribution in [-0.2, 0) is 10.0 Å². The number of benzene rings is 1. The van der Waals surface area contributed by atoms with Crippen molar-refractivity contribution in [2.24, 2.45) is 10.6 Å². The Morgan fingerprint density at radius 2 is 1.95 bits per heavy atom. The molecule has 0 aliphatic heterocycles. The maximum Gasteiger partial charge on any atom is 0.209 e. The van der Waals surface area contributed by atoms with Crippen LogP contribution in [0.5, 0.6) is 5.75 Å². The zero-order valence-corrected chi connectivity index (χ0v) is 15.0. The molecular weight excluding hydrogens is 385 g/mol. The lowest BCUT2D eigenvalue weighted by Crippen LogP contribution is -2.37. The van der Waals surface area contributed by atoms with Gasteiger partial charge < -0.3 is 4.74 Å². The number of hydrogen-bond acceptors (Lipinski definition) is 3. The van der Waals surface area contributed by atoms with Gasteiger partial charge in [0.2, 0.25) is 10.0 Å². The van der Waals surface area contributed by atoms with Crippen LogP contribution in [-0.4, -0.2) is 20.8 Å². The van der Waals surface area contributed by atoms with Crippen LogP contribution < -0.4 is 9.88 Å². The highest BCUT2D eigenvalue weighted by Gasteiger charge is 2.32. The molecule has 120 valence electrons. The summed E-state index contributed by atoms with van der Waals surface area (Å²) in [6.07, 6.45) is 1.15. The van der Waals surface area contributed by atoms with E-state index in [-0.39, 0.29) is 23.1 Å². The topological polar surface area (TPSA) is 69.4 Å². The third-order valence-electron chi connectivity index (χ3n) is 3.52. The fraction of sp³-hybridized carbons (Fsp3) is 0.538. The first-order valence-corrected chi connectivity index (χ1v) is 9.29. The largest absolute Gasteiger partial charge is 0.492 e. The first kappa shape index (κ1) is 18.7. The van der Waals surface area contributed by atoms with E-state index in [2.05, 4.69) is 15.9 Å². The first-order valence-electron chi connectivity index (χ1n) is 6.40. The van der Waals surface area contributed by atoms with Gasteiger partial charge in [0.25, 0.3) is 0 Å². The summed E-state index contributed by atoms with van der Waals surface area (Å²) in [6, 6.07) is 2.56. The van der Waals surface area contributed by atoms with Crippen molar-refractivity contribution in [2.75, 3.05) is 12.4 Å². The molecule has 0 saturated carbocycles. The number of rotatable bonds is 7. The van der Waals surface area contributed by atoms with Gasteiger partial charge in [-0.15, -0.1) is 0 Å². The molecule has 0 heterocycles. The van der Waals surface area contributed by atoms with Gasteiger partial charge in [0.15, 0.2) is 0 Å². The summed E-state index contributed by atoms with van der Waals surface area (Å²) in [6.45, 7) is 3.86. The van der Waals surface area contributed by atoms with Crippen molar-refractivity contribution in [3.63, 3.8) is 0 Å². The Morgan fingerprint density at radius 1 is 1.38 bits per heavy atom. The predicted molar refractivity (Wildman–Crippen MR) is 85.6 cm³/mol. The Bertz CT molecular complexity index is 606. The van der Waals surface area contributed by atoms with Crippen LogP contribution in [0.4, 0.5) is 4.39 Å². The summed E-state index contributed by atoms with van der Waals surface area (Å²) in [7, 11) is -3.62. The van der Waals surface area contributed by atoms with Crippen molar-refractivity contribution in [2.45, 2.75) is 26.7 Å². The van der Waals surface area contributed by atoms with Crippen LogP contribution in [0.2, 0.25) is 5.02 Å². The van der Waals surface area contributed by atoms with Gasteiger partial charge in [0, 0.05) is 11.5 Å². The molecular formula is C13H18BrClFNO3S. The van der Waals surface area contributed by atoms with E-state index in [9.17, 15) is 12.8 Å². The Morgan fingerprint density at radius 3 is 2.43 bits per heavy atom. The van der Waals surface area contributed by atoms with Gasteiger partial charge in [-0.05, 0) is 34.8 Å². The molecule has 0 spiro atoms. The fourth-order valence-electron chi connectivity index (χ4n) is 1.97. The van der Waals surface area contributed by atoms with Gasteiger partial charge in [-0.2, -0.15) is 0 Å². The molecule has 0 aromatic heterocycles. The molecule has 0 atom stereocenters. The Balaban J connectivity index is 2.95. The molecule has 0 aliphatic carbocycles. The van der Waals surface area contributed by atoms with E-state index in [0.29, 0.717) is 17.3 Å². The molecule has 0 aliphatic rings. The van der Waals surface area contributed by atoms with Crippen molar-refractivity contribution in [1.29, 1.82) is 0 Å². The number of sulfonamides is 1. The van der Waals surface area contributed by atoms with Gasteiger partial charge in [0.05, 0.1) is 21.9 Å². The summed E-state index contributed by atoms with van der Waals surface area (Å²) in [5.74, 6) is -0.502. The lowest BCUT2D eigenvalue weighted by atomic mass is 9.85. The molecule has 0 unspecified atom stereocenters. The molecule has 0 bridgehead atoms. The summed E-state index contributed by atoms with van der Waals surface area (Å²) in [5.41, 5.74) is -0.608. The molecule has 0 radical (unpaired) electrons. The first-order chi connectivity index (χ1) is 9.62. The lowest BCUT2D eigenvalue weighted by Gasteiger charge is -2.30. The van der Waals surface area contributed by atoms with E-state index in [0.717, 1.165) is 0 Å². The Labute approximate surface area is 138 Å². The van der Waals surface area contributed by atoms with Gasteiger partial charge in [-0.25, -0.2) is 17.9 Å². The minimum atomic E-state index is -3.62. The van der Waals surface area contributed by atoms with Crippen LogP contribution in [0.25, 0.3) is 0 Å². The number of ether oxygens (including phenoxy) is 1. The Kier molecular flexibility index (Phi) is 6.46. The van der Waals surface area contributed by atoms with Gasteiger partial charge >= 0.3 is 0 Å². The number of halogens is 3. The van der Waals surface area contributed by atoms with Crippen LogP contribution in [0.3, 0.4) is 0 Å². The normalized spacial score (nSPS) is 12.5. The zero-order valence-electron chi connectivity index (χ0n) is 11.8. The maximum absolute atomic E-state index is 13.5. The minimum Gasteiger partial charge on any atom is -0.492 e. The molecule has 0 amide bonds. The number of primary sulfonamides is 1. The molecule has 0 saturated heterocycles. The molecule has 2 N–H and O–H groups in total. The monoisotopic (exact) mass is 401 g/mol. The van der Waals surface area contributed by atoms with Crippen LogP contribution in [0.1, 0.15) is 26.7 Å². The summed E-state index contributed by atoms with van der Waals surface area (Å²) in [4.78, 5) is 0. The average Bonchev–Trinajstić information content (AvgIpc) is 2.38. The van der Waals surface area contributed by atoms with Crippen LogP contribution >= 0.6 is 27.5 Å². The molecule has 8 heteroatoms. The van der Waals surface area contributed by atoms with E-state index in [1.165, 1.54) is 12.1 Å². The second-order valence-electron chi connectivity index (χ2n) is 5.00. The van der Waals surface area contributed by atoms with E-state index in [4.69, 9.17) is 21.5 Å². The third-order valence-corrected chi connectivity index (χ3v) is 5.44. The minimum absolute atomic E-state index is 0.0176. The number of nitrogens with two attached hydrogens (primary N) is 1. The van der Waals surface area contributed by atoms with Gasteiger partial charge in [0.1, 0.15) is 11.6 Å². The molecule has 1 aromatic carbocycles. The van der Waals surface area contributed by atoms with Gasteiger partial charge in [-0.3, -0.25) is 0 Å². The van der Waals surface area contributed by atoms with E-state index in [1.807, 2.05) is 13.8 Å². The molecule has 1 rings (SSSR count). The lowest BCUT2D eigenvalue weighted by molar-refractivity contribution is 0.153. The van der Waals surface area contributed by atoms with Crippen molar-refractivity contribution in [3.8, 4) is 5.75 Å². The standard InChI is InChI=1S/C13H18BrClFNO3S/c1-3-13(4-2,8-21(17,18)19)7-20-12-6-11(16)10(15)5-9(12)14/h5-6H,3-4,7-8H2,1-2H3,(H2,17,18,19). The van der Waals surface area contributed by atoms with Crippen molar-refractivity contribution in [3.05, 3.63) is 27.4 Å². The van der Waals surface area contributed by atoms with E-state index >= 15 is 0 Å². The van der Waals surface area contributed by atoms with Crippen molar-refractivity contribution < 1.29 is 17.5 Å². The zero-order chi connectivity index (χ0) is 16.3. The SMILES string of the molecule is CCC(CC)(COc1cc(F)c(Cl)cc1Br)CS(N)(=O)=O. The smallest absolute Gasteiger partial charge is 0.209 e. The third kappa shape index (κ3) is 5.39. The molecule has 1 aromatic rings. The van der Waals surface area contributed by atoms with Crippen LogP contribution in [0.15, 0.2) is 16.6 Å². The van der Waals surface area contributed by atoms with Gasteiger partial charge in [-0.1, -0.05) is 25.4 Å². The summed E-state index contributed by atoms with van der Waals surface area (Å²) in [5, 5.41) is 5.13.